The lowest BCUT2D eigenvalue weighted by Crippen LogP contribution is -2.71. The monoisotopic (exact) mass is 519 g/mol. The smallest absolute Gasteiger partial charge is 0.460 e. The summed E-state index contributed by atoms with van der Waals surface area (Å²) in [5, 5.41) is 2.27. The molecule has 0 aliphatic carbocycles. The zero-order chi connectivity index (χ0) is 26.0. The van der Waals surface area contributed by atoms with Crippen LogP contribution in [0.2, 0.25) is 0 Å². The quantitative estimate of drug-likeness (QED) is 0.123. The van der Waals surface area contributed by atoms with Crippen LogP contribution in [-0.4, -0.2) is 60.4 Å². The minimum atomic E-state index is -8.02. The van der Waals surface area contributed by atoms with Crippen molar-refractivity contribution in [1.29, 1.82) is 0 Å². The van der Waals surface area contributed by atoms with Crippen LogP contribution >= 0.6 is 12.2 Å². The molecule has 0 aromatic heterocycles. The van der Waals surface area contributed by atoms with Gasteiger partial charge in [0.05, 0.1) is 11.4 Å². The molecule has 1 atom stereocenters. The van der Waals surface area contributed by atoms with Gasteiger partial charge in [0.1, 0.15) is 6.61 Å². The summed E-state index contributed by atoms with van der Waals surface area (Å²) < 4.78 is 176. The maximum Gasteiger partial charge on any atom is 0.460 e. The van der Waals surface area contributed by atoms with Gasteiger partial charge in [0, 0.05) is 12.1 Å². The molecule has 0 aliphatic rings. The molecule has 0 fully saturated rings. The Morgan fingerprint density at radius 1 is 0.906 bits per heavy atom. The molecule has 17 heteroatoms. The van der Waals surface area contributed by atoms with E-state index in [0.717, 1.165) is 5.49 Å². The second-order valence-corrected chi connectivity index (χ2v) is 6.35. The molecule has 0 radical (unpaired) electrons. The standard InChI is InChI=1S/C15H14F13NO2S/c1-3-8(7(2)9(30)31-5-4-29-6-32)10(16,17)11(18,19)12(20,21)13(22,23)14(24,25)15(26,27)28/h6,8H,2-5H2,1H3,(H,29,32). The SMILES string of the molecule is C=C(C(=O)OCCNC=S)C(CC)C(F)(F)C(F)(F)C(F)(F)C(F)(F)C(F)(F)C(F)(F)F. The van der Waals surface area contributed by atoms with Crippen LogP contribution in [0.25, 0.3) is 0 Å². The van der Waals surface area contributed by atoms with Crippen molar-refractivity contribution in [3.8, 4) is 0 Å². The largest absolute Gasteiger partial charge is 0.460 e. The van der Waals surface area contributed by atoms with E-state index in [4.69, 9.17) is 0 Å². The number of esters is 1. The first kappa shape index (κ1) is 30.2. The number of hydrogen-bond donors (Lipinski definition) is 1. The van der Waals surface area contributed by atoms with Crippen molar-refractivity contribution < 1.29 is 66.6 Å². The van der Waals surface area contributed by atoms with Gasteiger partial charge in [0.15, 0.2) is 0 Å². The van der Waals surface area contributed by atoms with E-state index < -0.39 is 66.3 Å². The Labute approximate surface area is 176 Å². The highest BCUT2D eigenvalue weighted by Gasteiger charge is 2.91. The molecule has 0 rings (SSSR count). The van der Waals surface area contributed by atoms with E-state index >= 15 is 0 Å². The molecule has 3 nitrogen and oxygen atoms in total. The maximum absolute atomic E-state index is 14.2. The molecular weight excluding hydrogens is 505 g/mol. The third kappa shape index (κ3) is 4.90. The molecule has 0 amide bonds. The summed E-state index contributed by atoms with van der Waals surface area (Å²) in [6.45, 7) is 2.33. The van der Waals surface area contributed by atoms with Gasteiger partial charge in [0.25, 0.3) is 0 Å². The topological polar surface area (TPSA) is 38.3 Å². The number of rotatable bonds is 12. The van der Waals surface area contributed by atoms with E-state index in [9.17, 15) is 61.9 Å². The van der Waals surface area contributed by atoms with Gasteiger partial charge in [-0.15, -0.1) is 0 Å². The predicted octanol–water partition coefficient (Wildman–Crippen LogP) is 5.40. The van der Waals surface area contributed by atoms with Gasteiger partial charge in [-0.3, -0.25) is 0 Å². The van der Waals surface area contributed by atoms with Gasteiger partial charge in [-0.05, 0) is 6.42 Å². The number of hydrogen-bond acceptors (Lipinski definition) is 3. The van der Waals surface area contributed by atoms with Gasteiger partial charge in [-0.2, -0.15) is 57.1 Å². The number of halogens is 13. The molecule has 0 bridgehead atoms. The van der Waals surface area contributed by atoms with Crippen molar-refractivity contribution in [1.82, 2.24) is 5.32 Å². The molecule has 0 aromatic carbocycles. The van der Waals surface area contributed by atoms with Gasteiger partial charge >= 0.3 is 41.8 Å². The highest BCUT2D eigenvalue weighted by molar-refractivity contribution is 7.78. The average Bonchev–Trinajstić information content (AvgIpc) is 2.63. The summed E-state index contributed by atoms with van der Waals surface area (Å²) in [5.74, 6) is -43.0. The fraction of sp³-hybridized carbons (Fsp3) is 0.733. The zero-order valence-corrected chi connectivity index (χ0v) is 16.4. The minimum absolute atomic E-state index is 0.233. The van der Waals surface area contributed by atoms with Crippen molar-refractivity contribution in [3.63, 3.8) is 0 Å². The first-order chi connectivity index (χ1) is 14.1. The van der Waals surface area contributed by atoms with Crippen molar-refractivity contribution >= 4 is 23.7 Å². The predicted molar refractivity (Wildman–Crippen MR) is 86.3 cm³/mol. The van der Waals surface area contributed by atoms with E-state index in [1.54, 1.807) is 0 Å². The number of nitrogens with one attached hydrogen (secondary N) is 1. The fourth-order valence-corrected chi connectivity index (χ4v) is 2.34. The number of alkyl halides is 13. The Balaban J connectivity index is 6.20. The molecule has 0 saturated carbocycles. The highest BCUT2D eigenvalue weighted by Crippen LogP contribution is 2.61. The van der Waals surface area contributed by atoms with Gasteiger partial charge in [0.2, 0.25) is 0 Å². The van der Waals surface area contributed by atoms with Crippen LogP contribution in [0.1, 0.15) is 13.3 Å². The van der Waals surface area contributed by atoms with Crippen molar-refractivity contribution in [3.05, 3.63) is 12.2 Å². The van der Waals surface area contributed by atoms with Gasteiger partial charge in [-0.25, -0.2) is 4.79 Å². The normalized spacial score (nSPS) is 15.2. The summed E-state index contributed by atoms with van der Waals surface area (Å²) in [6.07, 6.45) is -8.88. The first-order valence-electron chi connectivity index (χ1n) is 8.08. The molecule has 0 aromatic rings. The highest BCUT2D eigenvalue weighted by atomic mass is 32.1. The Bertz CT molecular complexity index is 706. The number of carbonyl (C=O) groups excluding carboxylic acids is 1. The molecule has 0 aliphatic heterocycles. The van der Waals surface area contributed by atoms with Gasteiger partial charge in [-0.1, -0.05) is 25.7 Å². The summed E-state index contributed by atoms with van der Waals surface area (Å²) in [7, 11) is 0. The molecule has 1 unspecified atom stereocenters. The molecular formula is C15H14F13NO2S. The number of ether oxygens (including phenoxy) is 1. The van der Waals surface area contributed by atoms with Crippen LogP contribution in [0.4, 0.5) is 57.1 Å². The first-order valence-corrected chi connectivity index (χ1v) is 8.55. The molecule has 0 heterocycles. The fourth-order valence-electron chi connectivity index (χ4n) is 2.22. The Morgan fingerprint density at radius 3 is 1.72 bits per heavy atom. The number of carbonyl (C=O) groups is 1. The van der Waals surface area contributed by atoms with Crippen LogP contribution in [0, 0.1) is 5.92 Å². The second-order valence-electron chi connectivity index (χ2n) is 6.11. The van der Waals surface area contributed by atoms with Crippen molar-refractivity contribution in [2.75, 3.05) is 13.2 Å². The second kappa shape index (κ2) is 9.59. The van der Waals surface area contributed by atoms with Crippen LogP contribution < -0.4 is 5.32 Å². The summed E-state index contributed by atoms with van der Waals surface area (Å²) in [4.78, 5) is 11.6. The average molecular weight is 519 g/mol. The van der Waals surface area contributed by atoms with Crippen LogP contribution in [0.3, 0.4) is 0 Å². The molecule has 0 saturated heterocycles. The van der Waals surface area contributed by atoms with Crippen molar-refractivity contribution in [2.45, 2.75) is 49.1 Å². The maximum atomic E-state index is 14.2. The van der Waals surface area contributed by atoms with Crippen LogP contribution in [-0.2, 0) is 9.53 Å². The minimum Gasteiger partial charge on any atom is -0.460 e. The molecule has 1 N–H and O–H groups in total. The van der Waals surface area contributed by atoms with Crippen LogP contribution in [0.15, 0.2) is 12.2 Å². The van der Waals surface area contributed by atoms with E-state index in [0.29, 0.717) is 6.92 Å². The lowest BCUT2D eigenvalue weighted by Gasteiger charge is -2.41. The molecule has 188 valence electrons. The van der Waals surface area contributed by atoms with Crippen molar-refractivity contribution in [2.24, 2.45) is 5.92 Å². The van der Waals surface area contributed by atoms with Gasteiger partial charge < -0.3 is 10.1 Å². The van der Waals surface area contributed by atoms with E-state index in [-0.39, 0.29) is 6.54 Å². The van der Waals surface area contributed by atoms with Crippen LogP contribution in [0.5, 0.6) is 0 Å². The Kier molecular flexibility index (Phi) is 9.04. The number of thiocarbonyl (C=S) groups is 1. The lowest BCUT2D eigenvalue weighted by molar-refractivity contribution is -0.442. The zero-order valence-electron chi connectivity index (χ0n) is 15.6. The third-order valence-corrected chi connectivity index (χ3v) is 4.22. The summed E-state index contributed by atoms with van der Waals surface area (Å²) in [6, 6.07) is 0. The summed E-state index contributed by atoms with van der Waals surface area (Å²) in [5.41, 5.74) is -0.730. The molecule has 32 heavy (non-hydrogen) atoms. The summed E-state index contributed by atoms with van der Waals surface area (Å²) >= 11 is 4.31. The molecule has 0 spiro atoms. The van der Waals surface area contributed by atoms with E-state index in [2.05, 4.69) is 28.9 Å². The van der Waals surface area contributed by atoms with E-state index in [1.807, 2.05) is 0 Å². The Morgan fingerprint density at radius 2 is 1.34 bits per heavy atom. The van der Waals surface area contributed by atoms with E-state index in [1.165, 1.54) is 0 Å². The lowest BCUT2D eigenvalue weighted by atomic mass is 9.82. The Hall–Kier alpha value is -1.81. The third-order valence-electron chi connectivity index (χ3n) is 4.05.